The minimum absolute atomic E-state index is 0.0314. The first-order valence-electron chi connectivity index (χ1n) is 15.8. The van der Waals surface area contributed by atoms with Crippen LogP contribution in [0.3, 0.4) is 0 Å². The molecule has 1 N–H and O–H groups in total. The molecule has 1 aliphatic carbocycles. The SMILES string of the molecule is CC(=O)NC1CCCCC1.CC(C)N(C(=O)c1cc(F)ccc1Oc1cncnc1N1CC2(CCN(C)CC2)C1)C(C)C. The summed E-state index contributed by atoms with van der Waals surface area (Å²) < 4.78 is 20.3. The number of aromatic nitrogens is 2. The summed E-state index contributed by atoms with van der Waals surface area (Å²) in [5, 5.41) is 2.94. The number of nitrogens with one attached hydrogen (secondary N) is 1. The van der Waals surface area contributed by atoms with Crippen LogP contribution in [0.5, 0.6) is 11.5 Å². The standard InChI is InChI=1S/C25H34FN5O2.C8H15NO/c1-17(2)31(18(3)4)24(32)20-12-19(26)6-7-21(20)33-22-13-27-16-28-23(22)30-14-25(15-30)8-10-29(5)11-9-25;1-7(10)9-8-5-3-2-4-6-8/h6-7,12-13,16-18H,8-11,14-15H2,1-5H3;8H,2-6H2,1H3,(H,9,10). The number of anilines is 1. The van der Waals surface area contributed by atoms with E-state index in [0.29, 0.717) is 28.8 Å². The fraction of sp³-hybridized carbons (Fsp3) is 0.636. The molecule has 0 unspecified atom stereocenters. The predicted molar refractivity (Wildman–Crippen MR) is 167 cm³/mol. The summed E-state index contributed by atoms with van der Waals surface area (Å²) >= 11 is 0. The van der Waals surface area contributed by atoms with Gasteiger partial charge in [0.05, 0.1) is 11.8 Å². The molecule has 1 aromatic heterocycles. The number of rotatable bonds is 7. The predicted octanol–water partition coefficient (Wildman–Crippen LogP) is 5.65. The highest BCUT2D eigenvalue weighted by Gasteiger charge is 2.45. The molecule has 1 saturated carbocycles. The van der Waals surface area contributed by atoms with Crippen LogP contribution >= 0.6 is 0 Å². The van der Waals surface area contributed by atoms with E-state index in [0.717, 1.165) is 26.2 Å². The number of likely N-dealkylation sites (tertiary alicyclic amines) is 1. The normalized spacial score (nSPS) is 18.6. The molecule has 1 spiro atoms. The van der Waals surface area contributed by atoms with E-state index in [9.17, 15) is 14.0 Å². The Hall–Kier alpha value is -3.27. The van der Waals surface area contributed by atoms with Crippen LogP contribution in [0.15, 0.2) is 30.7 Å². The van der Waals surface area contributed by atoms with Crippen LogP contribution in [0.4, 0.5) is 10.2 Å². The molecule has 0 atom stereocenters. The third-order valence-electron chi connectivity index (χ3n) is 8.81. The van der Waals surface area contributed by atoms with E-state index in [1.165, 1.54) is 69.5 Å². The van der Waals surface area contributed by atoms with Gasteiger partial charge in [-0.2, -0.15) is 0 Å². The summed E-state index contributed by atoms with van der Waals surface area (Å²) in [5.74, 6) is 0.866. The van der Waals surface area contributed by atoms with Crippen LogP contribution in [0, 0.1) is 11.2 Å². The second-order valence-electron chi connectivity index (χ2n) is 13.0. The monoisotopic (exact) mass is 596 g/mol. The average molecular weight is 597 g/mol. The van der Waals surface area contributed by atoms with Crippen molar-refractivity contribution < 1.29 is 18.7 Å². The third-order valence-corrected chi connectivity index (χ3v) is 8.81. The first-order valence-corrected chi connectivity index (χ1v) is 15.8. The van der Waals surface area contributed by atoms with Crippen LogP contribution in [0.25, 0.3) is 0 Å². The van der Waals surface area contributed by atoms with E-state index >= 15 is 0 Å². The molecule has 5 rings (SSSR count). The topological polar surface area (TPSA) is 90.9 Å². The fourth-order valence-electron chi connectivity index (χ4n) is 6.56. The highest BCUT2D eigenvalue weighted by Crippen LogP contribution is 2.44. The van der Waals surface area contributed by atoms with Gasteiger partial charge in [0, 0.05) is 43.6 Å². The largest absolute Gasteiger partial charge is 0.451 e. The zero-order valence-corrected chi connectivity index (χ0v) is 26.7. The molecule has 236 valence electrons. The Kier molecular flexibility index (Phi) is 11.0. The van der Waals surface area contributed by atoms with Gasteiger partial charge in [-0.25, -0.2) is 14.4 Å². The average Bonchev–Trinajstić information content (AvgIpc) is 2.94. The Morgan fingerprint density at radius 3 is 2.30 bits per heavy atom. The lowest BCUT2D eigenvalue weighted by Crippen LogP contribution is -2.60. The van der Waals surface area contributed by atoms with Crippen LogP contribution in [0.1, 0.15) is 89.9 Å². The first-order chi connectivity index (χ1) is 20.5. The zero-order valence-electron chi connectivity index (χ0n) is 26.7. The van der Waals surface area contributed by atoms with Crippen LogP contribution in [0.2, 0.25) is 0 Å². The van der Waals surface area contributed by atoms with Gasteiger partial charge in [0.1, 0.15) is 17.9 Å². The number of carbonyl (C=O) groups excluding carboxylic acids is 2. The van der Waals surface area contributed by atoms with Gasteiger partial charge in [-0.3, -0.25) is 9.59 Å². The van der Waals surface area contributed by atoms with Gasteiger partial charge >= 0.3 is 0 Å². The molecule has 3 heterocycles. The number of carbonyl (C=O) groups is 2. The van der Waals surface area contributed by atoms with Crippen LogP contribution in [-0.4, -0.2) is 82.9 Å². The van der Waals surface area contributed by atoms with E-state index in [4.69, 9.17) is 4.74 Å². The Morgan fingerprint density at radius 2 is 1.70 bits per heavy atom. The molecule has 2 amide bonds. The molecule has 0 radical (unpaired) electrons. The van der Waals surface area contributed by atoms with Gasteiger partial charge < -0.3 is 24.8 Å². The molecule has 1 aromatic carbocycles. The van der Waals surface area contributed by atoms with Crippen molar-refractivity contribution in [2.75, 3.05) is 38.1 Å². The van der Waals surface area contributed by atoms with Crippen molar-refractivity contribution in [2.24, 2.45) is 5.41 Å². The first kappa shape index (κ1) is 32.6. The summed E-state index contributed by atoms with van der Waals surface area (Å²) in [5.41, 5.74) is 0.531. The molecule has 2 aromatic rings. The fourth-order valence-corrected chi connectivity index (χ4v) is 6.56. The number of piperidine rings is 1. The third kappa shape index (κ3) is 8.43. The van der Waals surface area contributed by atoms with Gasteiger partial charge in [0.2, 0.25) is 5.91 Å². The van der Waals surface area contributed by atoms with E-state index < -0.39 is 5.82 Å². The molecule has 10 heteroatoms. The van der Waals surface area contributed by atoms with E-state index in [1.807, 2.05) is 27.7 Å². The molecule has 43 heavy (non-hydrogen) atoms. The maximum Gasteiger partial charge on any atom is 0.258 e. The lowest BCUT2D eigenvalue weighted by molar-refractivity contribution is -0.119. The summed E-state index contributed by atoms with van der Waals surface area (Å²) in [6, 6.07) is 4.48. The highest BCUT2D eigenvalue weighted by molar-refractivity contribution is 5.97. The minimum Gasteiger partial charge on any atom is -0.451 e. The minimum atomic E-state index is -0.477. The summed E-state index contributed by atoms with van der Waals surface area (Å²) in [6.07, 6.45) is 11.8. The van der Waals surface area contributed by atoms with Crippen molar-refractivity contribution >= 4 is 17.6 Å². The second-order valence-corrected chi connectivity index (χ2v) is 13.0. The van der Waals surface area contributed by atoms with Gasteiger partial charge in [-0.1, -0.05) is 19.3 Å². The molecule has 0 bridgehead atoms. The van der Waals surface area contributed by atoms with Crippen LogP contribution < -0.4 is 15.0 Å². The lowest BCUT2D eigenvalue weighted by atomic mass is 9.72. The Labute approximate surface area is 256 Å². The lowest BCUT2D eigenvalue weighted by Gasteiger charge is -2.54. The smallest absolute Gasteiger partial charge is 0.258 e. The summed E-state index contributed by atoms with van der Waals surface area (Å²) in [7, 11) is 2.17. The molecule has 2 saturated heterocycles. The van der Waals surface area contributed by atoms with Gasteiger partial charge in [0.25, 0.3) is 5.91 Å². The van der Waals surface area contributed by atoms with E-state index in [2.05, 4.69) is 32.1 Å². The van der Waals surface area contributed by atoms with Gasteiger partial charge in [-0.15, -0.1) is 0 Å². The van der Waals surface area contributed by atoms with Crippen molar-refractivity contribution in [1.82, 2.24) is 25.1 Å². The van der Waals surface area contributed by atoms with E-state index in [-0.39, 0.29) is 29.5 Å². The Bertz CT molecular complexity index is 1220. The maximum absolute atomic E-state index is 14.2. The second kappa shape index (κ2) is 14.5. The van der Waals surface area contributed by atoms with Crippen molar-refractivity contribution in [2.45, 2.75) is 97.7 Å². The van der Waals surface area contributed by atoms with Crippen molar-refractivity contribution in [3.63, 3.8) is 0 Å². The van der Waals surface area contributed by atoms with Gasteiger partial charge in [-0.05, 0) is 91.7 Å². The number of amides is 2. The number of benzene rings is 1. The molecule has 3 aliphatic rings. The number of hydrogen-bond donors (Lipinski definition) is 1. The molecular weight excluding hydrogens is 547 g/mol. The highest BCUT2D eigenvalue weighted by atomic mass is 19.1. The summed E-state index contributed by atoms with van der Waals surface area (Å²) in [4.78, 5) is 38.9. The number of halogens is 1. The quantitative estimate of drug-likeness (QED) is 0.442. The molecule has 9 nitrogen and oxygen atoms in total. The Balaban J connectivity index is 0.000000359. The number of ether oxygens (including phenoxy) is 1. The molecule has 2 aliphatic heterocycles. The number of nitrogens with zero attached hydrogens (tertiary/aromatic N) is 5. The van der Waals surface area contributed by atoms with Crippen molar-refractivity contribution in [3.8, 4) is 11.5 Å². The zero-order chi connectivity index (χ0) is 31.1. The maximum atomic E-state index is 14.2. The van der Waals surface area contributed by atoms with Gasteiger partial charge in [0.15, 0.2) is 11.6 Å². The van der Waals surface area contributed by atoms with Crippen molar-refractivity contribution in [3.05, 3.63) is 42.1 Å². The summed E-state index contributed by atoms with van der Waals surface area (Å²) in [6.45, 7) is 13.5. The molecular formula is C33H49FN6O3. The molecule has 3 fully saturated rings. The van der Waals surface area contributed by atoms with Crippen molar-refractivity contribution in [1.29, 1.82) is 0 Å². The van der Waals surface area contributed by atoms with Crippen LogP contribution in [-0.2, 0) is 4.79 Å². The Morgan fingerprint density at radius 1 is 1.05 bits per heavy atom. The number of hydrogen-bond acceptors (Lipinski definition) is 7. The van der Waals surface area contributed by atoms with E-state index in [1.54, 1.807) is 18.0 Å².